The van der Waals surface area contributed by atoms with Crippen LogP contribution in [-0.2, 0) is 0 Å². The van der Waals surface area contributed by atoms with Gasteiger partial charge in [0.2, 0.25) is 0 Å². The van der Waals surface area contributed by atoms with E-state index in [2.05, 4.69) is 19.2 Å². The van der Waals surface area contributed by atoms with Crippen LogP contribution in [-0.4, -0.2) is 17.2 Å². The summed E-state index contributed by atoms with van der Waals surface area (Å²) >= 11 is 0. The summed E-state index contributed by atoms with van der Waals surface area (Å²) in [7, 11) is 0. The average molecular weight is 247 g/mol. The van der Waals surface area contributed by atoms with Gasteiger partial charge in [-0.25, -0.2) is 0 Å². The highest BCUT2D eigenvalue weighted by molar-refractivity contribution is 5.17. The quantitative estimate of drug-likeness (QED) is 0.837. The summed E-state index contributed by atoms with van der Waals surface area (Å²) in [4.78, 5) is 0. The minimum Gasteiger partial charge on any atom is -0.388 e. The maximum atomic E-state index is 10.2. The van der Waals surface area contributed by atoms with Crippen molar-refractivity contribution in [3.8, 4) is 0 Å². The zero-order valence-electron chi connectivity index (χ0n) is 11.5. The molecule has 2 rings (SSSR count). The van der Waals surface area contributed by atoms with E-state index in [4.69, 9.17) is 0 Å². The average Bonchev–Trinajstić information content (AvgIpc) is 2.75. The molecule has 0 saturated heterocycles. The first kappa shape index (κ1) is 13.6. The minimum absolute atomic E-state index is 0.354. The Morgan fingerprint density at radius 2 is 2.00 bits per heavy atom. The molecule has 2 nitrogen and oxygen atoms in total. The monoisotopic (exact) mass is 247 g/mol. The van der Waals surface area contributed by atoms with Crippen LogP contribution in [0.1, 0.15) is 51.2 Å². The van der Waals surface area contributed by atoms with E-state index < -0.39 is 0 Å². The Morgan fingerprint density at radius 1 is 1.28 bits per heavy atom. The van der Waals surface area contributed by atoms with E-state index in [0.29, 0.717) is 12.1 Å². The lowest BCUT2D eigenvalue weighted by atomic mass is 10.0. The molecule has 100 valence electrons. The van der Waals surface area contributed by atoms with Gasteiger partial charge in [-0.2, -0.15) is 0 Å². The molecule has 1 aromatic carbocycles. The fourth-order valence-corrected chi connectivity index (χ4v) is 2.98. The van der Waals surface area contributed by atoms with Gasteiger partial charge in [0.1, 0.15) is 0 Å². The lowest BCUT2D eigenvalue weighted by molar-refractivity contribution is 0.151. The lowest BCUT2D eigenvalue weighted by Crippen LogP contribution is -2.35. The molecule has 0 amide bonds. The van der Waals surface area contributed by atoms with Crippen LogP contribution < -0.4 is 5.32 Å². The van der Waals surface area contributed by atoms with Gasteiger partial charge in [0.15, 0.2) is 0 Å². The summed E-state index contributed by atoms with van der Waals surface area (Å²) in [5.74, 6) is 0.855. The molecule has 4 unspecified atom stereocenters. The van der Waals surface area contributed by atoms with Crippen LogP contribution in [0.25, 0.3) is 0 Å². The van der Waals surface area contributed by atoms with Crippen molar-refractivity contribution >= 4 is 0 Å². The third-order valence-corrected chi connectivity index (χ3v) is 3.98. The molecule has 1 aromatic rings. The van der Waals surface area contributed by atoms with Crippen molar-refractivity contribution < 1.29 is 5.11 Å². The van der Waals surface area contributed by atoms with Crippen molar-refractivity contribution in [3.63, 3.8) is 0 Å². The SMILES string of the molecule is CC1CCC(NC(C)CC(O)c2ccccc2)C1. The predicted octanol–water partition coefficient (Wildman–Crippen LogP) is 3.28. The van der Waals surface area contributed by atoms with Crippen LogP contribution in [0.5, 0.6) is 0 Å². The van der Waals surface area contributed by atoms with Crippen LogP contribution >= 0.6 is 0 Å². The molecular weight excluding hydrogens is 222 g/mol. The lowest BCUT2D eigenvalue weighted by Gasteiger charge is -2.22. The van der Waals surface area contributed by atoms with Gasteiger partial charge >= 0.3 is 0 Å². The summed E-state index contributed by atoms with van der Waals surface area (Å²) < 4.78 is 0. The second kappa shape index (κ2) is 6.35. The second-order valence-corrected chi connectivity index (χ2v) is 5.85. The summed E-state index contributed by atoms with van der Waals surface area (Å²) in [6.45, 7) is 4.50. The summed E-state index contributed by atoms with van der Waals surface area (Å²) in [5, 5.41) is 13.8. The number of benzene rings is 1. The summed E-state index contributed by atoms with van der Waals surface area (Å²) in [6, 6.07) is 11.0. The molecule has 1 fully saturated rings. The molecule has 0 aromatic heterocycles. The number of aliphatic hydroxyl groups excluding tert-OH is 1. The molecule has 18 heavy (non-hydrogen) atoms. The van der Waals surface area contributed by atoms with Crippen LogP contribution in [0.3, 0.4) is 0 Å². The van der Waals surface area contributed by atoms with Crippen molar-refractivity contribution in [2.45, 2.75) is 57.7 Å². The zero-order valence-corrected chi connectivity index (χ0v) is 11.5. The Bertz CT molecular complexity index is 351. The Labute approximate surface area is 110 Å². The number of hydrogen-bond acceptors (Lipinski definition) is 2. The number of aliphatic hydroxyl groups is 1. The molecule has 0 bridgehead atoms. The van der Waals surface area contributed by atoms with Gasteiger partial charge in [0.25, 0.3) is 0 Å². The van der Waals surface area contributed by atoms with E-state index in [1.807, 2.05) is 30.3 Å². The van der Waals surface area contributed by atoms with E-state index in [-0.39, 0.29) is 6.10 Å². The normalized spacial score (nSPS) is 27.1. The number of nitrogens with one attached hydrogen (secondary N) is 1. The van der Waals surface area contributed by atoms with Gasteiger partial charge in [-0.1, -0.05) is 37.3 Å². The molecule has 0 aliphatic heterocycles. The second-order valence-electron chi connectivity index (χ2n) is 5.85. The van der Waals surface area contributed by atoms with Crippen LogP contribution in [0.15, 0.2) is 30.3 Å². The molecule has 0 radical (unpaired) electrons. The molecule has 1 aliphatic rings. The third kappa shape index (κ3) is 3.82. The standard InChI is InChI=1S/C16H25NO/c1-12-8-9-15(10-12)17-13(2)11-16(18)14-6-4-3-5-7-14/h3-7,12-13,15-18H,8-11H2,1-2H3. The zero-order chi connectivity index (χ0) is 13.0. The van der Waals surface area contributed by atoms with Crippen molar-refractivity contribution in [1.82, 2.24) is 5.32 Å². The largest absolute Gasteiger partial charge is 0.388 e. The fourth-order valence-electron chi connectivity index (χ4n) is 2.98. The van der Waals surface area contributed by atoms with Gasteiger partial charge in [0.05, 0.1) is 6.10 Å². The van der Waals surface area contributed by atoms with E-state index in [9.17, 15) is 5.11 Å². The Kier molecular flexibility index (Phi) is 4.79. The van der Waals surface area contributed by atoms with Crippen molar-refractivity contribution in [3.05, 3.63) is 35.9 Å². The minimum atomic E-state index is -0.354. The predicted molar refractivity (Wildman–Crippen MR) is 75.4 cm³/mol. The molecule has 0 heterocycles. The Morgan fingerprint density at radius 3 is 2.61 bits per heavy atom. The molecule has 1 saturated carbocycles. The molecule has 4 atom stereocenters. The van der Waals surface area contributed by atoms with Crippen molar-refractivity contribution in [1.29, 1.82) is 0 Å². The highest BCUT2D eigenvalue weighted by Crippen LogP contribution is 2.26. The maximum Gasteiger partial charge on any atom is 0.0804 e. The molecule has 1 aliphatic carbocycles. The maximum absolute atomic E-state index is 10.2. The first-order valence-corrected chi connectivity index (χ1v) is 7.14. The van der Waals surface area contributed by atoms with Gasteiger partial charge in [-0.3, -0.25) is 0 Å². The van der Waals surface area contributed by atoms with Crippen molar-refractivity contribution in [2.75, 3.05) is 0 Å². The highest BCUT2D eigenvalue weighted by Gasteiger charge is 2.23. The van der Waals surface area contributed by atoms with Gasteiger partial charge < -0.3 is 10.4 Å². The van der Waals surface area contributed by atoms with E-state index in [1.165, 1.54) is 19.3 Å². The Balaban J connectivity index is 1.78. The van der Waals surface area contributed by atoms with Crippen LogP contribution in [0, 0.1) is 5.92 Å². The summed E-state index contributed by atoms with van der Waals surface area (Å²) in [6.07, 6.45) is 4.34. The topological polar surface area (TPSA) is 32.3 Å². The van der Waals surface area contributed by atoms with Crippen LogP contribution in [0.2, 0.25) is 0 Å². The third-order valence-electron chi connectivity index (χ3n) is 3.98. The van der Waals surface area contributed by atoms with Crippen molar-refractivity contribution in [2.24, 2.45) is 5.92 Å². The van der Waals surface area contributed by atoms with Gasteiger partial charge in [-0.15, -0.1) is 0 Å². The van der Waals surface area contributed by atoms with E-state index >= 15 is 0 Å². The highest BCUT2D eigenvalue weighted by atomic mass is 16.3. The molecule has 2 N–H and O–H groups in total. The van der Waals surface area contributed by atoms with Gasteiger partial charge in [-0.05, 0) is 44.1 Å². The molecular formula is C16H25NO. The first-order valence-electron chi connectivity index (χ1n) is 7.14. The number of rotatable bonds is 5. The van der Waals surface area contributed by atoms with E-state index in [1.54, 1.807) is 0 Å². The first-order chi connectivity index (χ1) is 8.65. The Hall–Kier alpha value is -0.860. The fraction of sp³-hybridized carbons (Fsp3) is 0.625. The number of hydrogen-bond donors (Lipinski definition) is 2. The van der Waals surface area contributed by atoms with Gasteiger partial charge in [0, 0.05) is 12.1 Å². The molecule has 2 heteroatoms. The summed E-state index contributed by atoms with van der Waals surface area (Å²) in [5.41, 5.74) is 1.02. The smallest absolute Gasteiger partial charge is 0.0804 e. The van der Waals surface area contributed by atoms with Crippen LogP contribution in [0.4, 0.5) is 0 Å². The van der Waals surface area contributed by atoms with E-state index in [0.717, 1.165) is 17.9 Å². The molecule has 0 spiro atoms.